The van der Waals surface area contributed by atoms with Gasteiger partial charge in [-0.3, -0.25) is 14.6 Å². The second-order valence-corrected chi connectivity index (χ2v) is 23.0. The SMILES string of the molecule is CCNC1C=C2C=CCC3CCCCC(C)(CC4=CNC(N)C=C4)Cc4cccc5c4C(=O)C4(OC4(CC=C(C)C4(C6(C7=CCNC(NCNC)=C7)CCCNC(=NC)N6)CCCC4)C5=O)C(=O)OCC1CC23. The normalized spacial score (nSPS) is 35.5. The molecule has 9 unspecified atom stereocenters. The molecule has 9 atom stereocenters. The number of aliphatic imine (C=N–C) groups is 1. The van der Waals surface area contributed by atoms with Crippen molar-refractivity contribution in [3.05, 3.63) is 118 Å². The number of carbonyl (C=O) groups is 3. The van der Waals surface area contributed by atoms with Crippen LogP contribution in [0.5, 0.6) is 0 Å². The molecule has 1 spiro atoms. The summed E-state index contributed by atoms with van der Waals surface area (Å²) in [6, 6.07) is 5.65. The summed E-state index contributed by atoms with van der Waals surface area (Å²) in [7, 11) is 3.74. The number of dihydropyridines is 2. The zero-order chi connectivity index (χ0) is 51.0. The maximum absolute atomic E-state index is 15.9. The number of hydrogen-bond acceptors (Lipinski definition) is 12. The van der Waals surface area contributed by atoms with E-state index in [2.05, 4.69) is 101 Å². The fraction of sp³-hybridized carbons (Fsp3) is 0.593. The highest BCUT2D eigenvalue weighted by Crippen LogP contribution is 2.62. The monoisotopic (exact) mass is 996 g/mol. The van der Waals surface area contributed by atoms with Crippen molar-refractivity contribution < 1.29 is 23.9 Å². The quantitative estimate of drug-likeness (QED) is 0.0358. The molecule has 0 radical (unpaired) electrons. The van der Waals surface area contributed by atoms with Gasteiger partial charge in [0.1, 0.15) is 5.82 Å². The summed E-state index contributed by atoms with van der Waals surface area (Å²) in [5.74, 6) is 0.976. The second-order valence-electron chi connectivity index (χ2n) is 23.0. The van der Waals surface area contributed by atoms with Crippen molar-refractivity contribution in [2.75, 3.05) is 47.0 Å². The number of fused-ring (bicyclic) bond motifs is 1. The fourth-order valence-electron chi connectivity index (χ4n) is 14.8. The van der Waals surface area contributed by atoms with Gasteiger partial charge in [0.05, 0.1) is 25.0 Å². The first-order valence-corrected chi connectivity index (χ1v) is 27.6. The lowest BCUT2D eigenvalue weighted by Crippen LogP contribution is -2.62. The molecule has 5 heterocycles. The summed E-state index contributed by atoms with van der Waals surface area (Å²) in [5.41, 5.74) is 7.24. The van der Waals surface area contributed by atoms with E-state index in [-0.39, 0.29) is 42.4 Å². The Morgan fingerprint density at radius 2 is 1.85 bits per heavy atom. The van der Waals surface area contributed by atoms with Crippen LogP contribution in [0.1, 0.15) is 137 Å². The molecule has 9 N–H and O–H groups in total. The lowest BCUT2D eigenvalue weighted by Gasteiger charge is -2.52. The molecule has 4 bridgehead atoms. The number of cyclic esters (lactones) is 1. The third-order valence-electron chi connectivity index (χ3n) is 18.5. The summed E-state index contributed by atoms with van der Waals surface area (Å²) in [6.07, 6.45) is 32.6. The molecule has 10 rings (SSSR count). The minimum atomic E-state index is -2.12. The number of rotatable bonds is 12. The number of Topliss-reactive ketones (excluding diaryl/α,β-unsaturated/α-hetero) is 2. The van der Waals surface area contributed by atoms with Gasteiger partial charge in [0.15, 0.2) is 17.3 Å². The van der Waals surface area contributed by atoms with E-state index in [0.29, 0.717) is 42.6 Å². The molecular formula is C59H81N9O5. The Bertz CT molecular complexity index is 2590. The zero-order valence-electron chi connectivity index (χ0n) is 44.0. The first kappa shape index (κ1) is 51.2. The van der Waals surface area contributed by atoms with Crippen molar-refractivity contribution in [2.24, 2.45) is 39.3 Å². The lowest BCUT2D eigenvalue weighted by atomic mass is 9.58. The summed E-state index contributed by atoms with van der Waals surface area (Å²) in [4.78, 5) is 51.7. The van der Waals surface area contributed by atoms with E-state index >= 15 is 14.4 Å². The minimum Gasteiger partial charge on any atom is -0.463 e. The molecule has 392 valence electrons. The predicted molar refractivity (Wildman–Crippen MR) is 287 cm³/mol. The Hall–Kier alpha value is -5.28. The molecule has 14 nitrogen and oxygen atoms in total. The van der Waals surface area contributed by atoms with E-state index in [9.17, 15) is 0 Å². The fourth-order valence-corrected chi connectivity index (χ4v) is 14.8. The van der Waals surface area contributed by atoms with Crippen molar-refractivity contribution in [2.45, 2.75) is 146 Å². The summed E-state index contributed by atoms with van der Waals surface area (Å²) in [5, 5.41) is 24.7. The van der Waals surface area contributed by atoms with E-state index in [1.54, 1.807) is 6.07 Å². The molecule has 0 aromatic heterocycles. The lowest BCUT2D eigenvalue weighted by molar-refractivity contribution is -0.150. The molecule has 73 heavy (non-hydrogen) atoms. The van der Waals surface area contributed by atoms with Crippen LogP contribution in [0.25, 0.3) is 0 Å². The van der Waals surface area contributed by atoms with Gasteiger partial charge in [0.2, 0.25) is 5.78 Å². The topological polar surface area (TPSA) is 196 Å². The predicted octanol–water partition coefficient (Wildman–Crippen LogP) is 6.81. The van der Waals surface area contributed by atoms with Gasteiger partial charge in [-0.1, -0.05) is 99.8 Å². The number of ketones is 2. The molecule has 1 aromatic rings. The summed E-state index contributed by atoms with van der Waals surface area (Å²) < 4.78 is 13.3. The number of nitrogens with two attached hydrogens (primary N) is 1. The Morgan fingerprint density at radius 1 is 1.01 bits per heavy atom. The van der Waals surface area contributed by atoms with Gasteiger partial charge in [0.25, 0.3) is 5.60 Å². The number of carbonyl (C=O) groups excluding carboxylic acids is 3. The van der Waals surface area contributed by atoms with Gasteiger partial charge in [-0.05, 0) is 136 Å². The zero-order valence-corrected chi connectivity index (χ0v) is 44.0. The van der Waals surface area contributed by atoms with E-state index in [4.69, 9.17) is 20.2 Å². The second kappa shape index (κ2) is 20.8. The molecule has 9 aliphatic rings. The number of nitrogens with zero attached hydrogens (tertiary/aromatic N) is 1. The Labute approximate surface area is 433 Å². The van der Waals surface area contributed by atoms with E-state index in [0.717, 1.165) is 125 Å². The molecule has 4 aliphatic carbocycles. The largest absolute Gasteiger partial charge is 0.463 e. The number of benzene rings is 1. The van der Waals surface area contributed by atoms with Crippen molar-refractivity contribution in [1.82, 2.24) is 37.2 Å². The molecule has 1 aromatic carbocycles. The maximum atomic E-state index is 15.9. The molecule has 5 aliphatic heterocycles. The highest BCUT2D eigenvalue weighted by atomic mass is 16.7. The number of likely N-dealkylation sites (N-methyl/N-ethyl adjacent to an activating group) is 1. The maximum Gasteiger partial charge on any atom is 0.350 e. The third kappa shape index (κ3) is 9.15. The Kier molecular flexibility index (Phi) is 14.6. The van der Waals surface area contributed by atoms with Crippen molar-refractivity contribution in [3.8, 4) is 0 Å². The Balaban J connectivity index is 1.06. The van der Waals surface area contributed by atoms with Crippen LogP contribution in [-0.4, -0.2) is 99.4 Å². The first-order valence-electron chi connectivity index (χ1n) is 27.6. The minimum absolute atomic E-state index is 0.00697. The standard InChI is InChI=1S/C59H81N9O5/c1-6-63-47-31-41-16-11-15-40-14-7-8-23-55(3,33-39-19-20-48(60)66-35-39)34-42-17-12-18-45-50(42)52(70)59(53(71)72-36-43(47)30-46(40)41)58(73-59,51(45)69)27-21-38(2)56(24-9-10-25-56)57(26-13-28-65-54(62-5)68-57)44-22-29-64-49(32-44)67-37-61-4/h11-12,16-22,31-32,35,40,43,46-48,61,63-64,66-67H,6-10,13-15,23-30,33-34,36-37,60H2,1-5H3,(H2,62,65,68). The number of esters is 1. The molecule has 3 fully saturated rings. The number of epoxide rings is 1. The van der Waals surface area contributed by atoms with Gasteiger partial charge in [-0.2, -0.15) is 0 Å². The Morgan fingerprint density at radius 3 is 2.63 bits per heavy atom. The van der Waals surface area contributed by atoms with Crippen LogP contribution in [0.4, 0.5) is 0 Å². The first-order chi connectivity index (χ1) is 35.3. The van der Waals surface area contributed by atoms with Crippen LogP contribution in [-0.2, 0) is 20.7 Å². The van der Waals surface area contributed by atoms with Crippen molar-refractivity contribution >= 4 is 23.5 Å². The number of allylic oxidation sites excluding steroid dienone is 5. The van der Waals surface area contributed by atoms with Crippen LogP contribution < -0.4 is 43.0 Å². The average Bonchev–Trinajstić information content (AvgIpc) is 3.95. The number of ether oxygens (including phenoxy) is 2. The number of hydrogen-bond donors (Lipinski definition) is 8. The van der Waals surface area contributed by atoms with Gasteiger partial charge in [-0.25, -0.2) is 4.79 Å². The van der Waals surface area contributed by atoms with Gasteiger partial charge in [0, 0.05) is 61.3 Å². The van der Waals surface area contributed by atoms with Crippen molar-refractivity contribution in [1.29, 1.82) is 0 Å². The smallest absolute Gasteiger partial charge is 0.350 e. The molecule has 1 saturated carbocycles. The molecular weight excluding hydrogens is 915 g/mol. The summed E-state index contributed by atoms with van der Waals surface area (Å²) in [6.45, 7) is 9.54. The van der Waals surface area contributed by atoms with Crippen LogP contribution in [0.3, 0.4) is 0 Å². The molecule has 14 heteroatoms. The van der Waals surface area contributed by atoms with Crippen molar-refractivity contribution in [3.63, 3.8) is 0 Å². The van der Waals surface area contributed by atoms with E-state index in [1.165, 1.54) is 11.1 Å². The van der Waals surface area contributed by atoms with Gasteiger partial charge >= 0.3 is 5.97 Å². The van der Waals surface area contributed by atoms with E-state index < -0.39 is 33.9 Å². The van der Waals surface area contributed by atoms with Crippen LogP contribution in [0.15, 0.2) is 106 Å². The van der Waals surface area contributed by atoms with Crippen LogP contribution >= 0.6 is 0 Å². The van der Waals surface area contributed by atoms with Gasteiger partial charge in [-0.15, -0.1) is 0 Å². The highest BCUT2D eigenvalue weighted by Gasteiger charge is 2.85. The van der Waals surface area contributed by atoms with Gasteiger partial charge < -0.3 is 52.4 Å². The number of nitrogens with one attached hydrogen (secondary N) is 7. The van der Waals surface area contributed by atoms with E-state index in [1.807, 2.05) is 38.5 Å². The third-order valence-corrected chi connectivity index (χ3v) is 18.5. The number of guanidine groups is 1. The molecule has 0 amide bonds. The van der Waals surface area contributed by atoms with Crippen LogP contribution in [0.2, 0.25) is 0 Å². The summed E-state index contributed by atoms with van der Waals surface area (Å²) >= 11 is 0. The highest BCUT2D eigenvalue weighted by molar-refractivity contribution is 6.33. The van der Waals surface area contributed by atoms with Crippen LogP contribution in [0, 0.1) is 28.6 Å². The average molecular weight is 996 g/mol. The molecule has 2 saturated heterocycles.